The summed E-state index contributed by atoms with van der Waals surface area (Å²) in [5.74, 6) is 0. The van der Waals surface area contributed by atoms with Crippen LogP contribution in [0, 0.1) is 0 Å². The molecule has 1 spiro atoms. The van der Waals surface area contributed by atoms with Gasteiger partial charge in [-0.15, -0.1) is 0 Å². The van der Waals surface area contributed by atoms with Gasteiger partial charge in [0.2, 0.25) is 5.66 Å². The predicted octanol–water partition coefficient (Wildman–Crippen LogP) is 0.436. The molecule has 0 fully saturated rings. The van der Waals surface area contributed by atoms with Crippen molar-refractivity contribution in [3.05, 3.63) is 12.2 Å². The zero-order chi connectivity index (χ0) is 6.16. The molecule has 0 aromatic carbocycles. The predicted molar refractivity (Wildman–Crippen MR) is 37.3 cm³/mol. The van der Waals surface area contributed by atoms with Crippen molar-refractivity contribution < 1.29 is 0 Å². The van der Waals surface area contributed by atoms with Gasteiger partial charge in [0.05, 0.1) is 6.21 Å². The van der Waals surface area contributed by atoms with Crippen molar-refractivity contribution in [1.82, 2.24) is 0 Å². The van der Waals surface area contributed by atoms with Crippen LogP contribution in [0.3, 0.4) is 0 Å². The van der Waals surface area contributed by atoms with Gasteiger partial charge in [-0.2, -0.15) is 0 Å². The van der Waals surface area contributed by atoms with Crippen LogP contribution in [0.4, 0.5) is 0 Å². The standard InChI is InChI=1S/C6H5N3/c1-2-6(8-3-1)4-7-5-9-6/h1-5H. The third kappa shape index (κ3) is 0.543. The summed E-state index contributed by atoms with van der Waals surface area (Å²) in [6, 6.07) is 0. The summed E-state index contributed by atoms with van der Waals surface area (Å²) in [5.41, 5.74) is -0.444. The first-order valence-corrected chi connectivity index (χ1v) is 2.72. The molecule has 1 atom stereocenters. The van der Waals surface area contributed by atoms with E-state index in [0.29, 0.717) is 0 Å². The Morgan fingerprint density at radius 3 is 2.78 bits per heavy atom. The first-order chi connectivity index (χ1) is 4.41. The molecule has 0 N–H and O–H groups in total. The largest absolute Gasteiger partial charge is 0.254 e. The second-order valence-electron chi connectivity index (χ2n) is 1.94. The van der Waals surface area contributed by atoms with E-state index in [0.717, 1.165) is 0 Å². The summed E-state index contributed by atoms with van der Waals surface area (Å²) in [5, 5.41) is 0. The maximum atomic E-state index is 4.08. The molecule has 44 valence electrons. The fourth-order valence-electron chi connectivity index (χ4n) is 0.845. The Kier molecular flexibility index (Phi) is 0.704. The summed E-state index contributed by atoms with van der Waals surface area (Å²) in [6.07, 6.45) is 8.74. The quantitative estimate of drug-likeness (QED) is 0.443. The van der Waals surface area contributed by atoms with E-state index in [1.54, 1.807) is 12.4 Å². The Morgan fingerprint density at radius 2 is 2.22 bits per heavy atom. The highest BCUT2D eigenvalue weighted by atomic mass is 15.1. The maximum Gasteiger partial charge on any atom is 0.206 e. The molecule has 0 amide bonds. The van der Waals surface area contributed by atoms with Gasteiger partial charge in [0.15, 0.2) is 0 Å². The molecule has 1 unspecified atom stereocenters. The first kappa shape index (κ1) is 4.61. The third-order valence-corrected chi connectivity index (χ3v) is 1.30. The second-order valence-corrected chi connectivity index (χ2v) is 1.94. The van der Waals surface area contributed by atoms with Gasteiger partial charge in [0.25, 0.3) is 0 Å². The minimum absolute atomic E-state index is 0.444. The fourth-order valence-corrected chi connectivity index (χ4v) is 0.845. The monoisotopic (exact) mass is 119 g/mol. The Bertz CT molecular complexity index is 181. The average molecular weight is 119 g/mol. The number of hydrogen-bond acceptors (Lipinski definition) is 3. The molecular formula is C6H5N3. The van der Waals surface area contributed by atoms with Gasteiger partial charge in [-0.25, -0.2) is 9.98 Å². The summed E-state index contributed by atoms with van der Waals surface area (Å²) >= 11 is 0. The van der Waals surface area contributed by atoms with Crippen LogP contribution in [0.2, 0.25) is 0 Å². The Hall–Kier alpha value is -1.25. The Balaban J connectivity index is 2.46. The molecule has 2 aliphatic rings. The van der Waals surface area contributed by atoms with Crippen molar-refractivity contribution >= 4 is 18.8 Å². The molecule has 2 heterocycles. The minimum atomic E-state index is -0.444. The molecule has 3 heteroatoms. The Morgan fingerprint density at radius 1 is 1.22 bits per heavy atom. The van der Waals surface area contributed by atoms with Crippen LogP contribution in [-0.4, -0.2) is 24.4 Å². The van der Waals surface area contributed by atoms with Crippen LogP contribution >= 0.6 is 0 Å². The molecule has 0 aromatic heterocycles. The first-order valence-electron chi connectivity index (χ1n) is 2.72. The van der Waals surface area contributed by atoms with E-state index >= 15 is 0 Å². The van der Waals surface area contributed by atoms with E-state index < -0.39 is 5.66 Å². The lowest BCUT2D eigenvalue weighted by Gasteiger charge is -2.06. The molecule has 3 nitrogen and oxygen atoms in total. The summed E-state index contributed by atoms with van der Waals surface area (Å²) in [6.45, 7) is 0. The van der Waals surface area contributed by atoms with Crippen molar-refractivity contribution in [2.24, 2.45) is 15.0 Å². The van der Waals surface area contributed by atoms with Crippen LogP contribution in [-0.2, 0) is 0 Å². The lowest BCUT2D eigenvalue weighted by molar-refractivity contribution is 0.795. The Labute approximate surface area is 52.5 Å². The summed E-state index contributed by atoms with van der Waals surface area (Å²) < 4.78 is 0. The molecular weight excluding hydrogens is 114 g/mol. The summed E-state index contributed by atoms with van der Waals surface area (Å²) in [7, 11) is 0. The number of aliphatic imine (C=N–C) groups is 3. The highest BCUT2D eigenvalue weighted by Gasteiger charge is 2.25. The van der Waals surface area contributed by atoms with Gasteiger partial charge in [-0.3, -0.25) is 4.99 Å². The molecule has 2 aliphatic heterocycles. The van der Waals surface area contributed by atoms with Crippen LogP contribution < -0.4 is 0 Å². The second kappa shape index (κ2) is 1.37. The van der Waals surface area contributed by atoms with Gasteiger partial charge in [0.1, 0.15) is 6.34 Å². The lowest BCUT2D eigenvalue weighted by Crippen LogP contribution is -2.16. The van der Waals surface area contributed by atoms with Gasteiger partial charge in [-0.1, -0.05) is 0 Å². The number of rotatable bonds is 0. The van der Waals surface area contributed by atoms with E-state index in [1.165, 1.54) is 6.34 Å². The van der Waals surface area contributed by atoms with Crippen molar-refractivity contribution in [3.63, 3.8) is 0 Å². The lowest BCUT2D eigenvalue weighted by atomic mass is 10.2. The zero-order valence-corrected chi connectivity index (χ0v) is 4.73. The molecule has 0 bridgehead atoms. The van der Waals surface area contributed by atoms with E-state index in [-0.39, 0.29) is 0 Å². The molecule has 9 heavy (non-hydrogen) atoms. The van der Waals surface area contributed by atoms with Crippen molar-refractivity contribution in [1.29, 1.82) is 0 Å². The van der Waals surface area contributed by atoms with Gasteiger partial charge < -0.3 is 0 Å². The topological polar surface area (TPSA) is 37.1 Å². The molecule has 0 aliphatic carbocycles. The summed E-state index contributed by atoms with van der Waals surface area (Å²) in [4.78, 5) is 12.0. The molecule has 0 radical (unpaired) electrons. The van der Waals surface area contributed by atoms with Crippen molar-refractivity contribution in [3.8, 4) is 0 Å². The van der Waals surface area contributed by atoms with E-state index in [1.807, 2.05) is 12.2 Å². The van der Waals surface area contributed by atoms with Crippen LogP contribution in [0.5, 0.6) is 0 Å². The highest BCUT2D eigenvalue weighted by molar-refractivity contribution is 5.92. The average Bonchev–Trinajstić information content (AvgIpc) is 2.45. The molecule has 0 saturated heterocycles. The van der Waals surface area contributed by atoms with Gasteiger partial charge >= 0.3 is 0 Å². The zero-order valence-electron chi connectivity index (χ0n) is 4.73. The van der Waals surface area contributed by atoms with E-state index in [4.69, 9.17) is 0 Å². The van der Waals surface area contributed by atoms with E-state index in [9.17, 15) is 0 Å². The number of hydrogen-bond donors (Lipinski definition) is 0. The fraction of sp³-hybridized carbons (Fsp3) is 0.167. The van der Waals surface area contributed by atoms with Crippen molar-refractivity contribution in [2.45, 2.75) is 5.66 Å². The number of allylic oxidation sites excluding steroid dienone is 1. The molecule has 0 saturated carbocycles. The number of nitrogens with zero attached hydrogens (tertiary/aromatic N) is 3. The highest BCUT2D eigenvalue weighted by Crippen LogP contribution is 2.18. The normalized spacial score (nSPS) is 35.6. The minimum Gasteiger partial charge on any atom is -0.254 e. The van der Waals surface area contributed by atoms with Crippen LogP contribution in [0.25, 0.3) is 0 Å². The van der Waals surface area contributed by atoms with Crippen molar-refractivity contribution in [2.75, 3.05) is 0 Å². The smallest absolute Gasteiger partial charge is 0.206 e. The SMILES string of the molecule is C1=CC2(C=NC=N2)N=C1. The van der Waals surface area contributed by atoms with Gasteiger partial charge in [-0.05, 0) is 12.2 Å². The van der Waals surface area contributed by atoms with Crippen LogP contribution in [0.1, 0.15) is 0 Å². The third-order valence-electron chi connectivity index (χ3n) is 1.30. The van der Waals surface area contributed by atoms with Crippen LogP contribution in [0.15, 0.2) is 27.1 Å². The molecule has 2 rings (SSSR count). The maximum absolute atomic E-state index is 4.08. The van der Waals surface area contributed by atoms with Gasteiger partial charge in [0, 0.05) is 6.21 Å². The van der Waals surface area contributed by atoms with E-state index in [2.05, 4.69) is 15.0 Å². The molecule has 0 aromatic rings.